The van der Waals surface area contributed by atoms with Crippen molar-refractivity contribution in [3.8, 4) is 0 Å². The van der Waals surface area contributed by atoms with E-state index in [2.05, 4.69) is 20.4 Å². The van der Waals surface area contributed by atoms with E-state index < -0.39 is 5.97 Å². The van der Waals surface area contributed by atoms with Crippen LogP contribution in [-0.2, 0) is 11.3 Å². The summed E-state index contributed by atoms with van der Waals surface area (Å²) in [4.78, 5) is 20.3. The van der Waals surface area contributed by atoms with E-state index in [4.69, 9.17) is 9.26 Å². The average Bonchev–Trinajstić information content (AvgIpc) is 2.95. The molecule has 124 valence electrons. The van der Waals surface area contributed by atoms with E-state index in [9.17, 15) is 4.79 Å². The summed E-state index contributed by atoms with van der Waals surface area (Å²) in [5, 5.41) is 7.82. The molecule has 0 radical (unpaired) electrons. The van der Waals surface area contributed by atoms with Gasteiger partial charge in [0.1, 0.15) is 11.2 Å². The first-order valence-electron chi connectivity index (χ1n) is 7.69. The van der Waals surface area contributed by atoms with E-state index in [1.165, 1.54) is 5.56 Å². The Labute approximate surface area is 139 Å². The molecule has 0 aliphatic rings. The fourth-order valence-corrected chi connectivity index (χ4v) is 2.39. The molecule has 0 bridgehead atoms. The zero-order valence-electron chi connectivity index (χ0n) is 13.8. The number of anilines is 1. The van der Waals surface area contributed by atoms with Gasteiger partial charge in [-0.1, -0.05) is 29.4 Å². The van der Waals surface area contributed by atoms with Crippen LogP contribution in [0.2, 0.25) is 0 Å². The van der Waals surface area contributed by atoms with Crippen molar-refractivity contribution in [1.29, 1.82) is 0 Å². The number of ether oxygens (including phenoxy) is 1. The lowest BCUT2D eigenvalue weighted by molar-refractivity contribution is 0.0512. The number of esters is 1. The predicted molar refractivity (Wildman–Crippen MR) is 88.8 cm³/mol. The molecular weight excluding hydrogens is 308 g/mol. The number of aryl methyl sites for hydroxylation is 2. The summed E-state index contributed by atoms with van der Waals surface area (Å²) in [6.07, 6.45) is 0. The van der Waals surface area contributed by atoms with Crippen LogP contribution in [0.15, 0.2) is 28.8 Å². The minimum absolute atomic E-state index is 0.0483. The van der Waals surface area contributed by atoms with Gasteiger partial charge in [0.2, 0.25) is 5.82 Å². The van der Waals surface area contributed by atoms with Crippen molar-refractivity contribution in [3.05, 3.63) is 46.9 Å². The Kier molecular flexibility index (Phi) is 4.41. The first-order valence-corrected chi connectivity index (χ1v) is 7.69. The third kappa shape index (κ3) is 3.05. The van der Waals surface area contributed by atoms with E-state index in [1.54, 1.807) is 13.8 Å². The topological polar surface area (TPSA) is 90.1 Å². The number of carbonyl (C=O) groups is 1. The molecule has 3 rings (SSSR count). The Morgan fingerprint density at radius 2 is 2.04 bits per heavy atom. The summed E-state index contributed by atoms with van der Waals surface area (Å²) in [5.74, 6) is -0.134. The Morgan fingerprint density at radius 1 is 1.25 bits per heavy atom. The highest BCUT2D eigenvalue weighted by molar-refractivity contribution is 5.93. The number of hydrogen-bond donors (Lipinski definition) is 1. The lowest BCUT2D eigenvalue weighted by Crippen LogP contribution is -2.12. The Bertz CT molecular complexity index is 889. The van der Waals surface area contributed by atoms with Crippen molar-refractivity contribution in [2.75, 3.05) is 11.9 Å². The largest absolute Gasteiger partial charge is 0.460 e. The fraction of sp³-hybridized carbons (Fsp3) is 0.294. The minimum Gasteiger partial charge on any atom is -0.460 e. The Hall–Kier alpha value is -2.96. The standard InChI is InChI=1S/C17H18N4O3/c1-4-23-17(22)15-19-14(13-11(3)21-24-16(13)20-15)18-9-12-8-6-5-7-10(12)2/h5-8H,4,9H2,1-3H3,(H,18,19,20). The molecule has 24 heavy (non-hydrogen) atoms. The molecule has 0 saturated carbocycles. The third-order valence-electron chi connectivity index (χ3n) is 3.67. The molecule has 0 saturated heterocycles. The van der Waals surface area contributed by atoms with E-state index in [1.807, 2.05) is 31.2 Å². The highest BCUT2D eigenvalue weighted by atomic mass is 16.5. The number of rotatable bonds is 5. The summed E-state index contributed by atoms with van der Waals surface area (Å²) in [6.45, 7) is 6.39. The van der Waals surface area contributed by atoms with Crippen LogP contribution in [0.5, 0.6) is 0 Å². The highest BCUT2D eigenvalue weighted by Gasteiger charge is 2.19. The van der Waals surface area contributed by atoms with Gasteiger partial charge in [-0.2, -0.15) is 4.98 Å². The molecular formula is C17H18N4O3. The summed E-state index contributed by atoms with van der Waals surface area (Å²) in [5.41, 5.74) is 3.23. The van der Waals surface area contributed by atoms with Crippen molar-refractivity contribution in [1.82, 2.24) is 15.1 Å². The van der Waals surface area contributed by atoms with Crippen LogP contribution >= 0.6 is 0 Å². The maximum Gasteiger partial charge on any atom is 0.376 e. The summed E-state index contributed by atoms with van der Waals surface area (Å²) in [6, 6.07) is 8.05. The number of carbonyl (C=O) groups excluding carboxylic acids is 1. The second-order valence-electron chi connectivity index (χ2n) is 5.34. The summed E-state index contributed by atoms with van der Waals surface area (Å²) >= 11 is 0. The molecule has 0 aliphatic heterocycles. The van der Waals surface area contributed by atoms with Crippen molar-refractivity contribution >= 4 is 22.9 Å². The summed E-state index contributed by atoms with van der Waals surface area (Å²) in [7, 11) is 0. The first-order chi connectivity index (χ1) is 11.6. The van der Waals surface area contributed by atoms with Gasteiger partial charge in [0.25, 0.3) is 5.71 Å². The number of hydrogen-bond acceptors (Lipinski definition) is 7. The zero-order valence-corrected chi connectivity index (χ0v) is 13.8. The van der Waals surface area contributed by atoms with Gasteiger partial charge in [0.15, 0.2) is 0 Å². The number of aromatic nitrogens is 3. The molecule has 7 nitrogen and oxygen atoms in total. The molecule has 0 atom stereocenters. The van der Waals surface area contributed by atoms with E-state index in [-0.39, 0.29) is 18.1 Å². The normalized spacial score (nSPS) is 10.8. The van der Waals surface area contributed by atoms with Crippen molar-refractivity contribution in [2.24, 2.45) is 0 Å². The van der Waals surface area contributed by atoms with Crippen LogP contribution in [0, 0.1) is 13.8 Å². The average molecular weight is 326 g/mol. The maximum absolute atomic E-state index is 11.9. The molecule has 2 aromatic heterocycles. The number of nitrogens with zero attached hydrogens (tertiary/aromatic N) is 3. The highest BCUT2D eigenvalue weighted by Crippen LogP contribution is 2.24. The molecule has 0 fully saturated rings. The third-order valence-corrected chi connectivity index (χ3v) is 3.67. The van der Waals surface area contributed by atoms with Gasteiger partial charge in [0.05, 0.1) is 12.3 Å². The molecule has 1 N–H and O–H groups in total. The molecule has 1 aromatic carbocycles. The van der Waals surface area contributed by atoms with Crippen molar-refractivity contribution in [3.63, 3.8) is 0 Å². The smallest absolute Gasteiger partial charge is 0.376 e. The quantitative estimate of drug-likeness (QED) is 0.721. The lowest BCUT2D eigenvalue weighted by Gasteiger charge is -2.10. The van der Waals surface area contributed by atoms with Crippen LogP contribution < -0.4 is 5.32 Å². The lowest BCUT2D eigenvalue weighted by atomic mass is 10.1. The number of benzene rings is 1. The second-order valence-corrected chi connectivity index (χ2v) is 5.34. The molecule has 0 spiro atoms. The van der Waals surface area contributed by atoms with Crippen LogP contribution in [0.4, 0.5) is 5.82 Å². The van der Waals surface area contributed by atoms with E-state index in [0.29, 0.717) is 23.4 Å². The minimum atomic E-state index is -0.590. The van der Waals surface area contributed by atoms with Gasteiger partial charge in [-0.3, -0.25) is 0 Å². The fourth-order valence-electron chi connectivity index (χ4n) is 2.39. The number of nitrogens with one attached hydrogen (secondary N) is 1. The first kappa shape index (κ1) is 15.9. The van der Waals surface area contributed by atoms with Crippen molar-refractivity contribution in [2.45, 2.75) is 27.3 Å². The Balaban J connectivity index is 1.97. The molecule has 0 unspecified atom stereocenters. The Morgan fingerprint density at radius 3 is 2.79 bits per heavy atom. The molecule has 0 aliphatic carbocycles. The van der Waals surface area contributed by atoms with E-state index >= 15 is 0 Å². The summed E-state index contributed by atoms with van der Waals surface area (Å²) < 4.78 is 10.2. The second kappa shape index (κ2) is 6.66. The van der Waals surface area contributed by atoms with Crippen LogP contribution in [-0.4, -0.2) is 27.7 Å². The predicted octanol–water partition coefficient (Wildman–Crippen LogP) is 3.02. The van der Waals surface area contributed by atoms with Crippen molar-refractivity contribution < 1.29 is 14.1 Å². The SMILES string of the molecule is CCOC(=O)c1nc(NCc2ccccc2C)c2c(C)noc2n1. The monoisotopic (exact) mass is 326 g/mol. The molecule has 2 heterocycles. The van der Waals surface area contributed by atoms with Gasteiger partial charge in [-0.05, 0) is 31.9 Å². The molecule has 0 amide bonds. The van der Waals surface area contributed by atoms with E-state index in [0.717, 1.165) is 5.56 Å². The van der Waals surface area contributed by atoms with Crippen LogP contribution in [0.3, 0.4) is 0 Å². The molecule has 7 heteroatoms. The molecule has 3 aromatic rings. The zero-order chi connectivity index (χ0) is 17.1. The maximum atomic E-state index is 11.9. The van der Waals surface area contributed by atoms with Crippen LogP contribution in [0.25, 0.3) is 11.1 Å². The van der Waals surface area contributed by atoms with Gasteiger partial charge in [-0.15, -0.1) is 0 Å². The van der Waals surface area contributed by atoms with Gasteiger partial charge >= 0.3 is 5.97 Å². The van der Waals surface area contributed by atoms with Gasteiger partial charge in [-0.25, -0.2) is 9.78 Å². The van der Waals surface area contributed by atoms with Gasteiger partial charge in [0, 0.05) is 6.54 Å². The van der Waals surface area contributed by atoms with Gasteiger partial charge < -0.3 is 14.6 Å². The van der Waals surface area contributed by atoms with Crippen LogP contribution in [0.1, 0.15) is 34.4 Å². The number of fused-ring (bicyclic) bond motifs is 1.